The first kappa shape index (κ1) is 12.5. The van der Waals surface area contributed by atoms with Crippen LogP contribution >= 0.6 is 0 Å². The van der Waals surface area contributed by atoms with Crippen LogP contribution in [0.25, 0.3) is 0 Å². The first-order chi connectivity index (χ1) is 8.16. The van der Waals surface area contributed by atoms with Crippen LogP contribution < -0.4 is 5.73 Å². The zero-order valence-electron chi connectivity index (χ0n) is 10.6. The van der Waals surface area contributed by atoms with Crippen LogP contribution in [-0.2, 0) is 11.2 Å². The molecular weight excluding hydrogens is 218 g/mol. The minimum Gasteiger partial charge on any atom is -0.381 e. The van der Waals surface area contributed by atoms with E-state index in [2.05, 4.69) is 24.0 Å². The molecule has 0 spiro atoms. The quantitative estimate of drug-likeness (QED) is 0.861. The maximum atomic E-state index is 6.03. The van der Waals surface area contributed by atoms with Crippen molar-refractivity contribution in [3.05, 3.63) is 11.7 Å². The smallest absolute Gasteiger partial charge is 0.233 e. The van der Waals surface area contributed by atoms with Crippen LogP contribution in [0.5, 0.6) is 0 Å². The van der Waals surface area contributed by atoms with Gasteiger partial charge in [0.1, 0.15) is 0 Å². The summed E-state index contributed by atoms with van der Waals surface area (Å²) in [4.78, 5) is 4.42. The lowest BCUT2D eigenvalue weighted by atomic mass is 9.97. The molecule has 0 amide bonds. The molecular formula is C12H21N3O2. The van der Waals surface area contributed by atoms with E-state index in [4.69, 9.17) is 15.0 Å². The second kappa shape index (κ2) is 5.60. The number of nitrogens with zero attached hydrogens (tertiary/aromatic N) is 2. The second-order valence-corrected chi connectivity index (χ2v) is 5.12. The van der Waals surface area contributed by atoms with Gasteiger partial charge in [-0.05, 0) is 18.8 Å². The molecule has 1 fully saturated rings. The van der Waals surface area contributed by atoms with Gasteiger partial charge in [0.05, 0.1) is 12.5 Å². The molecule has 0 aromatic carbocycles. The predicted molar refractivity (Wildman–Crippen MR) is 63.6 cm³/mol. The molecule has 2 atom stereocenters. The lowest BCUT2D eigenvalue weighted by Gasteiger charge is -2.25. The van der Waals surface area contributed by atoms with Gasteiger partial charge in [-0.3, -0.25) is 0 Å². The molecule has 5 heteroatoms. The van der Waals surface area contributed by atoms with Crippen LogP contribution in [0.1, 0.15) is 44.3 Å². The van der Waals surface area contributed by atoms with Gasteiger partial charge in [0.15, 0.2) is 5.82 Å². The zero-order chi connectivity index (χ0) is 12.3. The monoisotopic (exact) mass is 239 g/mol. The van der Waals surface area contributed by atoms with Crippen LogP contribution in [0.2, 0.25) is 0 Å². The molecule has 0 bridgehead atoms. The van der Waals surface area contributed by atoms with Gasteiger partial charge in [0.2, 0.25) is 5.89 Å². The third kappa shape index (κ3) is 3.26. The van der Waals surface area contributed by atoms with Crippen LogP contribution in [0.15, 0.2) is 4.52 Å². The summed E-state index contributed by atoms with van der Waals surface area (Å²) in [5.74, 6) is 2.13. The predicted octanol–water partition coefficient (Wildman–Crippen LogP) is 1.49. The molecule has 2 unspecified atom stereocenters. The number of hydrogen-bond acceptors (Lipinski definition) is 5. The lowest BCUT2D eigenvalue weighted by molar-refractivity contribution is 0.0590. The normalized spacial score (nSPS) is 25.4. The third-order valence-corrected chi connectivity index (χ3v) is 3.16. The Morgan fingerprint density at radius 3 is 3.00 bits per heavy atom. The summed E-state index contributed by atoms with van der Waals surface area (Å²) in [6, 6.07) is 0.0714. The van der Waals surface area contributed by atoms with Crippen molar-refractivity contribution in [1.82, 2.24) is 10.1 Å². The van der Waals surface area contributed by atoms with Crippen molar-refractivity contribution < 1.29 is 9.26 Å². The minimum absolute atomic E-state index is 0.0593. The fraction of sp³-hybridized carbons (Fsp3) is 0.833. The van der Waals surface area contributed by atoms with Gasteiger partial charge in [-0.1, -0.05) is 19.0 Å². The summed E-state index contributed by atoms with van der Waals surface area (Å²) in [5, 5.41) is 4.00. The minimum atomic E-state index is 0.0593. The van der Waals surface area contributed by atoms with Crippen LogP contribution in [-0.4, -0.2) is 29.4 Å². The number of hydrogen-bond donors (Lipinski definition) is 1. The van der Waals surface area contributed by atoms with Crippen molar-refractivity contribution in [1.29, 1.82) is 0 Å². The average molecular weight is 239 g/mol. The highest BCUT2D eigenvalue weighted by molar-refractivity contribution is 5.00. The van der Waals surface area contributed by atoms with E-state index in [1.165, 1.54) is 0 Å². The van der Waals surface area contributed by atoms with E-state index in [1.807, 2.05) is 0 Å². The maximum absolute atomic E-state index is 6.03. The number of ether oxygens (including phenoxy) is 1. The van der Waals surface area contributed by atoms with Crippen LogP contribution in [0.3, 0.4) is 0 Å². The Morgan fingerprint density at radius 2 is 2.29 bits per heavy atom. The summed E-state index contributed by atoms with van der Waals surface area (Å²) < 4.78 is 10.7. The summed E-state index contributed by atoms with van der Waals surface area (Å²) in [6.07, 6.45) is 2.80. The highest BCUT2D eigenvalue weighted by atomic mass is 16.5. The Hall–Kier alpha value is -0.940. The Bertz CT molecular complexity index is 351. The first-order valence-corrected chi connectivity index (χ1v) is 6.32. The van der Waals surface area contributed by atoms with Gasteiger partial charge < -0.3 is 15.0 Å². The fourth-order valence-corrected chi connectivity index (χ4v) is 1.95. The fourth-order valence-electron chi connectivity index (χ4n) is 1.95. The van der Waals surface area contributed by atoms with E-state index in [1.54, 1.807) is 0 Å². The number of aryl methyl sites for hydroxylation is 1. The number of aromatic nitrogens is 2. The second-order valence-electron chi connectivity index (χ2n) is 5.12. The molecule has 96 valence electrons. The molecule has 1 aliphatic heterocycles. The van der Waals surface area contributed by atoms with E-state index in [0.717, 1.165) is 31.7 Å². The zero-order valence-corrected chi connectivity index (χ0v) is 10.6. The Morgan fingerprint density at radius 1 is 1.47 bits per heavy atom. The number of nitrogens with two attached hydrogens (primary N) is 1. The third-order valence-electron chi connectivity index (χ3n) is 3.16. The van der Waals surface area contributed by atoms with E-state index >= 15 is 0 Å². The Kier molecular flexibility index (Phi) is 4.12. The molecule has 0 aliphatic carbocycles. The molecule has 1 aromatic rings. The summed E-state index contributed by atoms with van der Waals surface area (Å²) in [5.41, 5.74) is 6.03. The molecule has 2 heterocycles. The van der Waals surface area contributed by atoms with Gasteiger partial charge in [-0.15, -0.1) is 0 Å². The van der Waals surface area contributed by atoms with Crippen molar-refractivity contribution in [3.63, 3.8) is 0 Å². The van der Waals surface area contributed by atoms with Crippen molar-refractivity contribution in [2.24, 2.45) is 11.7 Å². The SMILES string of the molecule is CC(C)CCc1noc(C2COCCC2N)n1. The van der Waals surface area contributed by atoms with Gasteiger partial charge in [0.25, 0.3) is 0 Å². The van der Waals surface area contributed by atoms with Gasteiger partial charge in [0, 0.05) is 19.1 Å². The average Bonchev–Trinajstić information content (AvgIpc) is 2.75. The topological polar surface area (TPSA) is 74.2 Å². The highest BCUT2D eigenvalue weighted by Gasteiger charge is 2.29. The van der Waals surface area contributed by atoms with E-state index in [9.17, 15) is 0 Å². The molecule has 17 heavy (non-hydrogen) atoms. The molecule has 1 aromatic heterocycles. The van der Waals surface area contributed by atoms with Crippen LogP contribution in [0, 0.1) is 5.92 Å². The Labute approximate surface area is 102 Å². The van der Waals surface area contributed by atoms with Gasteiger partial charge in [-0.2, -0.15) is 4.98 Å². The molecule has 1 aliphatic rings. The van der Waals surface area contributed by atoms with Crippen LogP contribution in [0.4, 0.5) is 0 Å². The maximum Gasteiger partial charge on any atom is 0.233 e. The summed E-state index contributed by atoms with van der Waals surface area (Å²) >= 11 is 0. The van der Waals surface area contributed by atoms with Crippen molar-refractivity contribution in [2.75, 3.05) is 13.2 Å². The number of rotatable bonds is 4. The lowest BCUT2D eigenvalue weighted by Crippen LogP contribution is -2.37. The van der Waals surface area contributed by atoms with Gasteiger partial charge in [-0.25, -0.2) is 0 Å². The van der Waals surface area contributed by atoms with E-state index in [0.29, 0.717) is 18.4 Å². The van der Waals surface area contributed by atoms with Gasteiger partial charge >= 0.3 is 0 Å². The van der Waals surface area contributed by atoms with E-state index < -0.39 is 0 Å². The van der Waals surface area contributed by atoms with Crippen molar-refractivity contribution in [3.8, 4) is 0 Å². The summed E-state index contributed by atoms with van der Waals surface area (Å²) in [6.45, 7) is 5.69. The summed E-state index contributed by atoms with van der Waals surface area (Å²) in [7, 11) is 0. The standard InChI is InChI=1S/C12H21N3O2/c1-8(2)3-4-11-14-12(17-15-11)9-7-16-6-5-10(9)13/h8-10H,3-7,13H2,1-2H3. The molecule has 0 radical (unpaired) electrons. The van der Waals surface area contributed by atoms with E-state index in [-0.39, 0.29) is 12.0 Å². The molecule has 1 saturated heterocycles. The molecule has 5 nitrogen and oxygen atoms in total. The van der Waals surface area contributed by atoms with Crippen molar-refractivity contribution in [2.45, 2.75) is 45.1 Å². The molecule has 2 N–H and O–H groups in total. The van der Waals surface area contributed by atoms with Crippen molar-refractivity contribution >= 4 is 0 Å². The molecule has 2 rings (SSSR count). The first-order valence-electron chi connectivity index (χ1n) is 6.32. The largest absolute Gasteiger partial charge is 0.381 e. The Balaban J connectivity index is 1.97. The molecule has 0 saturated carbocycles. The highest BCUT2D eigenvalue weighted by Crippen LogP contribution is 2.23.